The highest BCUT2D eigenvalue weighted by Crippen LogP contribution is 2.04. The monoisotopic (exact) mass is 320 g/mol. The zero-order valence-electron chi connectivity index (χ0n) is 13.9. The Morgan fingerprint density at radius 2 is 1.14 bits per heavy atom. The molecule has 0 aromatic rings. The van der Waals surface area contributed by atoms with Gasteiger partial charge in [0.25, 0.3) is 0 Å². The molecule has 22 heavy (non-hydrogen) atoms. The van der Waals surface area contributed by atoms with Gasteiger partial charge in [0.15, 0.2) is 0 Å². The largest absolute Gasteiger partial charge is 0.480 e. The van der Waals surface area contributed by atoms with Crippen LogP contribution < -0.4 is 0 Å². The van der Waals surface area contributed by atoms with Gasteiger partial charge in [-0.25, -0.2) is 4.79 Å². The predicted octanol–water partition coefficient (Wildman–Crippen LogP) is 2.50. The second-order valence-electron chi connectivity index (χ2n) is 5.05. The van der Waals surface area contributed by atoms with E-state index in [2.05, 4.69) is 6.92 Å². The predicted molar refractivity (Wildman–Crippen MR) is 84.3 cm³/mol. The van der Waals surface area contributed by atoms with Crippen LogP contribution in [0.15, 0.2) is 0 Å². The van der Waals surface area contributed by atoms with Crippen LogP contribution in [0.4, 0.5) is 0 Å². The van der Waals surface area contributed by atoms with Gasteiger partial charge in [-0.05, 0) is 6.42 Å². The van der Waals surface area contributed by atoms with Crippen LogP contribution in [0.1, 0.15) is 45.4 Å². The standard InChI is InChI=1S/C16H32O6/c1-2-3-4-5-6-7-8-19-9-10-20-11-12-21-13-14-22-15-16(17)18/h2-15H2,1H3,(H,17,18). The van der Waals surface area contributed by atoms with E-state index in [1.165, 1.54) is 32.1 Å². The minimum Gasteiger partial charge on any atom is -0.480 e. The van der Waals surface area contributed by atoms with Gasteiger partial charge in [-0.15, -0.1) is 0 Å². The molecule has 6 nitrogen and oxygen atoms in total. The summed E-state index contributed by atoms with van der Waals surface area (Å²) in [4.78, 5) is 10.2. The molecule has 0 aliphatic heterocycles. The van der Waals surface area contributed by atoms with Crippen LogP contribution in [0.3, 0.4) is 0 Å². The van der Waals surface area contributed by atoms with Crippen molar-refractivity contribution in [2.75, 3.05) is 52.9 Å². The van der Waals surface area contributed by atoms with E-state index in [-0.39, 0.29) is 13.2 Å². The third-order valence-corrected chi connectivity index (χ3v) is 2.98. The lowest BCUT2D eigenvalue weighted by Gasteiger charge is -2.07. The normalized spacial score (nSPS) is 11.0. The molecule has 0 saturated carbocycles. The van der Waals surface area contributed by atoms with E-state index in [0.29, 0.717) is 33.0 Å². The molecule has 0 bridgehead atoms. The summed E-state index contributed by atoms with van der Waals surface area (Å²) in [6, 6.07) is 0. The molecule has 0 unspecified atom stereocenters. The van der Waals surface area contributed by atoms with Crippen LogP contribution in [0.2, 0.25) is 0 Å². The molecular weight excluding hydrogens is 288 g/mol. The molecule has 0 rings (SSSR count). The van der Waals surface area contributed by atoms with E-state index in [9.17, 15) is 4.79 Å². The first-order valence-electron chi connectivity index (χ1n) is 8.30. The minimum atomic E-state index is -0.968. The van der Waals surface area contributed by atoms with E-state index >= 15 is 0 Å². The van der Waals surface area contributed by atoms with Crippen LogP contribution >= 0.6 is 0 Å². The van der Waals surface area contributed by atoms with E-state index in [1.807, 2.05) is 0 Å². The molecular formula is C16H32O6. The number of unbranched alkanes of at least 4 members (excludes halogenated alkanes) is 5. The number of carboxylic acid groups (broad SMARTS) is 1. The van der Waals surface area contributed by atoms with Crippen LogP contribution in [-0.2, 0) is 23.7 Å². The number of hydrogen-bond donors (Lipinski definition) is 1. The zero-order valence-corrected chi connectivity index (χ0v) is 13.9. The van der Waals surface area contributed by atoms with E-state index in [0.717, 1.165) is 13.0 Å². The third-order valence-electron chi connectivity index (χ3n) is 2.98. The number of ether oxygens (including phenoxy) is 4. The van der Waals surface area contributed by atoms with Crippen molar-refractivity contribution in [1.29, 1.82) is 0 Å². The fourth-order valence-electron chi connectivity index (χ4n) is 1.80. The van der Waals surface area contributed by atoms with Crippen LogP contribution in [0.5, 0.6) is 0 Å². The Labute approximate surface area is 134 Å². The Morgan fingerprint density at radius 3 is 1.68 bits per heavy atom. The van der Waals surface area contributed by atoms with Crippen molar-refractivity contribution in [3.63, 3.8) is 0 Å². The molecule has 0 radical (unpaired) electrons. The Bertz CT molecular complexity index is 235. The molecule has 132 valence electrons. The maximum atomic E-state index is 10.2. The first-order chi connectivity index (χ1) is 10.8. The third kappa shape index (κ3) is 19.3. The molecule has 0 aromatic heterocycles. The second-order valence-corrected chi connectivity index (χ2v) is 5.05. The number of aliphatic carboxylic acids is 1. The van der Waals surface area contributed by atoms with Gasteiger partial charge in [0.05, 0.1) is 39.6 Å². The minimum absolute atomic E-state index is 0.282. The topological polar surface area (TPSA) is 74.2 Å². The van der Waals surface area contributed by atoms with Gasteiger partial charge in [0, 0.05) is 6.61 Å². The molecule has 1 N–H and O–H groups in total. The number of carbonyl (C=O) groups is 1. The van der Waals surface area contributed by atoms with Crippen molar-refractivity contribution in [3.05, 3.63) is 0 Å². The van der Waals surface area contributed by atoms with Crippen molar-refractivity contribution >= 4 is 5.97 Å². The summed E-state index contributed by atoms with van der Waals surface area (Å²) < 4.78 is 20.9. The van der Waals surface area contributed by atoms with E-state index in [4.69, 9.17) is 24.1 Å². The van der Waals surface area contributed by atoms with Crippen molar-refractivity contribution in [2.24, 2.45) is 0 Å². The van der Waals surface area contributed by atoms with Gasteiger partial charge in [-0.3, -0.25) is 0 Å². The Balaban J connectivity index is 2.95. The SMILES string of the molecule is CCCCCCCCOCCOCCOCCOCC(=O)O. The van der Waals surface area contributed by atoms with Crippen molar-refractivity contribution < 1.29 is 28.8 Å². The van der Waals surface area contributed by atoms with E-state index in [1.54, 1.807) is 0 Å². The molecule has 0 heterocycles. The zero-order chi connectivity index (χ0) is 16.3. The molecule has 0 aliphatic carbocycles. The van der Waals surface area contributed by atoms with Gasteiger partial charge in [0.1, 0.15) is 6.61 Å². The maximum Gasteiger partial charge on any atom is 0.329 e. The molecule has 0 fully saturated rings. The summed E-state index contributed by atoms with van der Waals surface area (Å²) in [6.07, 6.45) is 7.64. The molecule has 0 saturated heterocycles. The lowest BCUT2D eigenvalue weighted by atomic mass is 10.1. The highest BCUT2D eigenvalue weighted by atomic mass is 16.6. The Morgan fingerprint density at radius 1 is 0.682 bits per heavy atom. The number of carboxylic acids is 1. The molecule has 0 aliphatic rings. The maximum absolute atomic E-state index is 10.2. The summed E-state index contributed by atoms with van der Waals surface area (Å²) in [6.45, 7) is 5.61. The van der Waals surface area contributed by atoms with Crippen molar-refractivity contribution in [3.8, 4) is 0 Å². The fourth-order valence-corrected chi connectivity index (χ4v) is 1.80. The van der Waals surface area contributed by atoms with Gasteiger partial charge >= 0.3 is 5.97 Å². The molecule has 0 aromatic carbocycles. The summed E-state index contributed by atoms with van der Waals surface area (Å²) in [7, 11) is 0. The van der Waals surface area contributed by atoms with Gasteiger partial charge in [-0.1, -0.05) is 39.0 Å². The molecule has 6 heteroatoms. The van der Waals surface area contributed by atoms with Crippen molar-refractivity contribution in [2.45, 2.75) is 45.4 Å². The quantitative estimate of drug-likeness (QED) is 0.391. The lowest BCUT2D eigenvalue weighted by Crippen LogP contribution is -2.14. The molecule has 0 spiro atoms. The smallest absolute Gasteiger partial charge is 0.329 e. The fraction of sp³-hybridized carbons (Fsp3) is 0.938. The van der Waals surface area contributed by atoms with Crippen molar-refractivity contribution in [1.82, 2.24) is 0 Å². The van der Waals surface area contributed by atoms with Gasteiger partial charge in [0.2, 0.25) is 0 Å². The highest BCUT2D eigenvalue weighted by Gasteiger charge is 1.96. The summed E-state index contributed by atoms with van der Waals surface area (Å²) in [5, 5.41) is 8.34. The van der Waals surface area contributed by atoms with Crippen LogP contribution in [0, 0.1) is 0 Å². The first kappa shape index (κ1) is 21.3. The second kappa shape index (κ2) is 18.4. The number of rotatable bonds is 18. The summed E-state index contributed by atoms with van der Waals surface area (Å²) in [5.74, 6) is -0.968. The Hall–Kier alpha value is -0.690. The summed E-state index contributed by atoms with van der Waals surface area (Å²) in [5.41, 5.74) is 0. The summed E-state index contributed by atoms with van der Waals surface area (Å²) >= 11 is 0. The highest BCUT2D eigenvalue weighted by molar-refractivity contribution is 5.67. The van der Waals surface area contributed by atoms with Gasteiger partial charge < -0.3 is 24.1 Å². The molecule has 0 atom stereocenters. The first-order valence-corrected chi connectivity index (χ1v) is 8.30. The van der Waals surface area contributed by atoms with Gasteiger partial charge in [-0.2, -0.15) is 0 Å². The Kier molecular flexibility index (Phi) is 17.8. The lowest BCUT2D eigenvalue weighted by molar-refractivity contribution is -0.142. The number of hydrogen-bond acceptors (Lipinski definition) is 5. The molecule has 0 amide bonds. The average molecular weight is 320 g/mol. The average Bonchev–Trinajstić information content (AvgIpc) is 2.50. The van der Waals surface area contributed by atoms with Crippen LogP contribution in [-0.4, -0.2) is 63.9 Å². The van der Waals surface area contributed by atoms with E-state index < -0.39 is 5.97 Å². The van der Waals surface area contributed by atoms with Crippen LogP contribution in [0.25, 0.3) is 0 Å².